The second-order valence-corrected chi connectivity index (χ2v) is 4.74. The minimum atomic E-state index is -0.334. The Hall–Kier alpha value is -1.35. The van der Waals surface area contributed by atoms with Crippen molar-refractivity contribution in [3.05, 3.63) is 34.9 Å². The molecule has 0 unspecified atom stereocenters. The van der Waals surface area contributed by atoms with Crippen molar-refractivity contribution in [2.24, 2.45) is 5.73 Å². The van der Waals surface area contributed by atoms with Gasteiger partial charge in [0.2, 0.25) is 5.91 Å². The van der Waals surface area contributed by atoms with Crippen LogP contribution in [0, 0.1) is 0 Å². The number of benzene rings is 1. The summed E-state index contributed by atoms with van der Waals surface area (Å²) >= 11 is 0. The van der Waals surface area contributed by atoms with Crippen molar-refractivity contribution < 1.29 is 4.79 Å². The smallest absolute Gasteiger partial charge is 0.248 e. The van der Waals surface area contributed by atoms with E-state index in [2.05, 4.69) is 18.3 Å². The van der Waals surface area contributed by atoms with Crippen molar-refractivity contribution in [3.63, 3.8) is 0 Å². The van der Waals surface area contributed by atoms with E-state index < -0.39 is 0 Å². The van der Waals surface area contributed by atoms with Gasteiger partial charge in [0, 0.05) is 11.6 Å². The van der Waals surface area contributed by atoms with E-state index in [0.717, 1.165) is 25.8 Å². The maximum Gasteiger partial charge on any atom is 0.248 e. The third-order valence-electron chi connectivity index (χ3n) is 3.40. The van der Waals surface area contributed by atoms with E-state index in [1.54, 1.807) is 0 Å². The molecule has 3 heteroatoms. The summed E-state index contributed by atoms with van der Waals surface area (Å²) in [4.78, 5) is 11.1. The first-order chi connectivity index (χ1) is 8.20. The lowest BCUT2D eigenvalue weighted by molar-refractivity contribution is 0.1000. The van der Waals surface area contributed by atoms with E-state index in [9.17, 15) is 4.79 Å². The molecule has 1 aliphatic carbocycles. The summed E-state index contributed by atoms with van der Waals surface area (Å²) in [7, 11) is 0. The van der Waals surface area contributed by atoms with Crippen molar-refractivity contribution in [2.75, 3.05) is 6.54 Å². The van der Waals surface area contributed by atoms with E-state index in [0.29, 0.717) is 11.6 Å². The zero-order valence-corrected chi connectivity index (χ0v) is 10.3. The highest BCUT2D eigenvalue weighted by molar-refractivity contribution is 5.93. The van der Waals surface area contributed by atoms with Crippen LogP contribution < -0.4 is 11.1 Å². The SMILES string of the molecule is CCCN[C@H]1CCc2cc(C(N)=O)ccc2C1. The highest BCUT2D eigenvalue weighted by atomic mass is 16.1. The number of carbonyl (C=O) groups is 1. The van der Waals surface area contributed by atoms with Crippen LogP contribution in [0.5, 0.6) is 0 Å². The summed E-state index contributed by atoms with van der Waals surface area (Å²) in [6.07, 6.45) is 4.42. The molecule has 0 aliphatic heterocycles. The lowest BCUT2D eigenvalue weighted by Gasteiger charge is -2.25. The fourth-order valence-corrected chi connectivity index (χ4v) is 2.43. The Labute approximate surface area is 102 Å². The molecule has 0 spiro atoms. The molecular formula is C14H20N2O. The Bertz CT molecular complexity index is 415. The van der Waals surface area contributed by atoms with Gasteiger partial charge < -0.3 is 11.1 Å². The molecule has 0 aromatic heterocycles. The highest BCUT2D eigenvalue weighted by Gasteiger charge is 2.18. The molecule has 1 aliphatic rings. The molecule has 0 heterocycles. The van der Waals surface area contributed by atoms with E-state index in [1.807, 2.05) is 12.1 Å². The number of amides is 1. The van der Waals surface area contributed by atoms with Crippen molar-refractivity contribution in [3.8, 4) is 0 Å². The molecule has 0 saturated carbocycles. The Morgan fingerprint density at radius 2 is 2.29 bits per heavy atom. The average molecular weight is 232 g/mol. The van der Waals surface area contributed by atoms with Gasteiger partial charge >= 0.3 is 0 Å². The summed E-state index contributed by atoms with van der Waals surface area (Å²) < 4.78 is 0. The van der Waals surface area contributed by atoms with Crippen LogP contribution in [-0.2, 0) is 12.8 Å². The molecule has 0 bridgehead atoms. The van der Waals surface area contributed by atoms with Crippen molar-refractivity contribution in [1.29, 1.82) is 0 Å². The fourth-order valence-electron chi connectivity index (χ4n) is 2.43. The second kappa shape index (κ2) is 5.32. The molecule has 1 atom stereocenters. The number of hydrogen-bond acceptors (Lipinski definition) is 2. The number of nitrogens with two attached hydrogens (primary N) is 1. The summed E-state index contributed by atoms with van der Waals surface area (Å²) in [5.74, 6) is -0.334. The van der Waals surface area contributed by atoms with Crippen molar-refractivity contribution in [2.45, 2.75) is 38.6 Å². The van der Waals surface area contributed by atoms with E-state index in [-0.39, 0.29) is 5.91 Å². The van der Waals surface area contributed by atoms with Gasteiger partial charge in [-0.3, -0.25) is 4.79 Å². The molecule has 1 aromatic carbocycles. The molecule has 0 fully saturated rings. The standard InChI is InChI=1S/C14H20N2O/c1-2-7-16-13-6-5-10-8-12(14(15)17)4-3-11(10)9-13/h3-4,8,13,16H,2,5-7,9H2,1H3,(H2,15,17)/t13-/m0/s1. The predicted molar refractivity (Wildman–Crippen MR) is 69.1 cm³/mol. The third-order valence-corrected chi connectivity index (χ3v) is 3.40. The van der Waals surface area contributed by atoms with Crippen LogP contribution in [0.15, 0.2) is 18.2 Å². The first-order valence-corrected chi connectivity index (χ1v) is 6.35. The number of rotatable bonds is 4. The summed E-state index contributed by atoms with van der Waals surface area (Å²) in [6.45, 7) is 3.27. The molecule has 1 aromatic rings. The fraction of sp³-hybridized carbons (Fsp3) is 0.500. The molecule has 2 rings (SSSR count). The minimum absolute atomic E-state index is 0.334. The molecule has 3 nitrogen and oxygen atoms in total. The molecular weight excluding hydrogens is 212 g/mol. The maximum absolute atomic E-state index is 11.1. The number of primary amides is 1. The quantitative estimate of drug-likeness (QED) is 0.829. The first-order valence-electron chi connectivity index (χ1n) is 6.35. The van der Waals surface area contributed by atoms with Crippen LogP contribution in [0.3, 0.4) is 0 Å². The normalized spacial score (nSPS) is 18.8. The Morgan fingerprint density at radius 3 is 3.00 bits per heavy atom. The summed E-state index contributed by atoms with van der Waals surface area (Å²) in [6, 6.07) is 6.42. The Kier molecular flexibility index (Phi) is 3.79. The first kappa shape index (κ1) is 12.1. The van der Waals surface area contributed by atoms with Gasteiger partial charge in [0.1, 0.15) is 0 Å². The van der Waals surface area contributed by atoms with Gasteiger partial charge in [-0.15, -0.1) is 0 Å². The van der Waals surface area contributed by atoms with E-state index >= 15 is 0 Å². The predicted octanol–water partition coefficient (Wildman–Crippen LogP) is 1.64. The molecule has 3 N–H and O–H groups in total. The van der Waals surface area contributed by atoms with Crippen LogP contribution in [-0.4, -0.2) is 18.5 Å². The zero-order valence-electron chi connectivity index (χ0n) is 10.3. The second-order valence-electron chi connectivity index (χ2n) is 4.74. The van der Waals surface area contributed by atoms with Crippen LogP contribution in [0.2, 0.25) is 0 Å². The molecule has 17 heavy (non-hydrogen) atoms. The van der Waals surface area contributed by atoms with E-state index in [4.69, 9.17) is 5.73 Å². The van der Waals surface area contributed by atoms with Crippen molar-refractivity contribution in [1.82, 2.24) is 5.32 Å². The number of aryl methyl sites for hydroxylation is 1. The number of hydrogen-bond donors (Lipinski definition) is 2. The number of nitrogens with one attached hydrogen (secondary N) is 1. The summed E-state index contributed by atoms with van der Waals surface area (Å²) in [5, 5.41) is 3.56. The summed E-state index contributed by atoms with van der Waals surface area (Å²) in [5.41, 5.74) is 8.56. The van der Waals surface area contributed by atoms with Crippen LogP contribution in [0.25, 0.3) is 0 Å². The lowest BCUT2D eigenvalue weighted by Crippen LogP contribution is -2.35. The largest absolute Gasteiger partial charge is 0.366 e. The van der Waals surface area contributed by atoms with Gasteiger partial charge in [0.15, 0.2) is 0 Å². The van der Waals surface area contributed by atoms with Gasteiger partial charge in [-0.25, -0.2) is 0 Å². The Balaban J connectivity index is 2.09. The average Bonchev–Trinajstić information content (AvgIpc) is 2.35. The topological polar surface area (TPSA) is 55.1 Å². The van der Waals surface area contributed by atoms with Crippen LogP contribution >= 0.6 is 0 Å². The third kappa shape index (κ3) is 2.86. The monoisotopic (exact) mass is 232 g/mol. The van der Waals surface area contributed by atoms with Crippen molar-refractivity contribution >= 4 is 5.91 Å². The Morgan fingerprint density at radius 1 is 1.47 bits per heavy atom. The molecule has 1 amide bonds. The molecule has 92 valence electrons. The molecule has 0 saturated heterocycles. The van der Waals surface area contributed by atoms with Gasteiger partial charge in [0.05, 0.1) is 0 Å². The number of fused-ring (bicyclic) bond motifs is 1. The maximum atomic E-state index is 11.1. The zero-order chi connectivity index (χ0) is 12.3. The molecule has 0 radical (unpaired) electrons. The van der Waals surface area contributed by atoms with Crippen LogP contribution in [0.1, 0.15) is 41.3 Å². The van der Waals surface area contributed by atoms with Gasteiger partial charge in [0.25, 0.3) is 0 Å². The lowest BCUT2D eigenvalue weighted by atomic mass is 9.87. The van der Waals surface area contributed by atoms with E-state index in [1.165, 1.54) is 17.5 Å². The van der Waals surface area contributed by atoms with Gasteiger partial charge in [-0.2, -0.15) is 0 Å². The highest BCUT2D eigenvalue weighted by Crippen LogP contribution is 2.22. The minimum Gasteiger partial charge on any atom is -0.366 e. The van der Waals surface area contributed by atoms with Gasteiger partial charge in [-0.05, 0) is 55.5 Å². The van der Waals surface area contributed by atoms with Crippen LogP contribution in [0.4, 0.5) is 0 Å². The number of carbonyl (C=O) groups excluding carboxylic acids is 1. The van der Waals surface area contributed by atoms with Gasteiger partial charge in [-0.1, -0.05) is 13.0 Å².